The fraction of sp³-hybridized carbons (Fsp3) is 0.533. The summed E-state index contributed by atoms with van der Waals surface area (Å²) in [5.41, 5.74) is 6.42. The number of likely N-dealkylation sites (tertiary alicyclic amines) is 1. The van der Waals surface area contributed by atoms with Gasteiger partial charge in [-0.15, -0.1) is 0 Å². The summed E-state index contributed by atoms with van der Waals surface area (Å²) < 4.78 is 0. The minimum Gasteiger partial charge on any atom is -0.386 e. The molecule has 0 aromatic heterocycles. The van der Waals surface area contributed by atoms with Gasteiger partial charge in [0.15, 0.2) is 0 Å². The van der Waals surface area contributed by atoms with Gasteiger partial charge in [-0.3, -0.25) is 4.79 Å². The molecule has 1 atom stereocenters. The van der Waals surface area contributed by atoms with Crippen molar-refractivity contribution in [2.24, 2.45) is 11.7 Å². The molecule has 2 fully saturated rings. The molecule has 1 saturated carbocycles. The Labute approximate surface area is 113 Å². The number of nitrogens with zero attached hydrogens (tertiary/aromatic N) is 1. The van der Waals surface area contributed by atoms with Crippen molar-refractivity contribution < 1.29 is 9.90 Å². The quantitative estimate of drug-likeness (QED) is 0.850. The second-order valence-corrected chi connectivity index (χ2v) is 5.85. The maximum atomic E-state index is 12.1. The number of nitrogens with two attached hydrogens (primary N) is 1. The van der Waals surface area contributed by atoms with E-state index in [9.17, 15) is 9.90 Å². The lowest BCUT2D eigenvalue weighted by Crippen LogP contribution is -2.64. The van der Waals surface area contributed by atoms with Gasteiger partial charge in [-0.2, -0.15) is 0 Å². The molecule has 3 N–H and O–H groups in total. The Kier molecular flexibility index (Phi) is 3.07. The van der Waals surface area contributed by atoms with Gasteiger partial charge >= 0.3 is 0 Å². The van der Waals surface area contributed by atoms with E-state index in [2.05, 4.69) is 0 Å². The Morgan fingerprint density at radius 1 is 1.37 bits per heavy atom. The predicted octanol–water partition coefficient (Wildman–Crippen LogP) is 1.06. The van der Waals surface area contributed by atoms with Gasteiger partial charge in [-0.1, -0.05) is 30.3 Å². The zero-order valence-corrected chi connectivity index (χ0v) is 11.0. The largest absolute Gasteiger partial charge is 0.386 e. The van der Waals surface area contributed by atoms with Crippen LogP contribution in [-0.4, -0.2) is 34.6 Å². The molecule has 1 amide bonds. The van der Waals surface area contributed by atoms with E-state index in [-0.39, 0.29) is 11.9 Å². The maximum Gasteiger partial charge on any atom is 0.224 e. The number of amides is 1. The molecule has 0 spiro atoms. The fourth-order valence-electron chi connectivity index (χ4n) is 2.81. The van der Waals surface area contributed by atoms with Gasteiger partial charge in [-0.05, 0) is 24.3 Å². The molecule has 0 radical (unpaired) electrons. The van der Waals surface area contributed by atoms with Crippen molar-refractivity contribution in [2.75, 3.05) is 13.1 Å². The molecular formula is C15H20N2O2. The van der Waals surface area contributed by atoms with E-state index in [0.717, 1.165) is 18.4 Å². The van der Waals surface area contributed by atoms with Gasteiger partial charge in [0.05, 0.1) is 13.1 Å². The van der Waals surface area contributed by atoms with Crippen LogP contribution in [0.5, 0.6) is 0 Å². The van der Waals surface area contributed by atoms with E-state index in [1.54, 1.807) is 4.90 Å². The molecule has 1 heterocycles. The smallest absolute Gasteiger partial charge is 0.224 e. The molecule has 1 aliphatic heterocycles. The number of carbonyl (C=O) groups is 1. The van der Waals surface area contributed by atoms with Crippen molar-refractivity contribution in [3.8, 4) is 0 Å². The van der Waals surface area contributed by atoms with Gasteiger partial charge in [0, 0.05) is 12.5 Å². The van der Waals surface area contributed by atoms with Gasteiger partial charge in [0.2, 0.25) is 5.91 Å². The van der Waals surface area contributed by atoms with Crippen molar-refractivity contribution in [1.29, 1.82) is 0 Å². The van der Waals surface area contributed by atoms with Gasteiger partial charge in [0.25, 0.3) is 0 Å². The second-order valence-electron chi connectivity index (χ2n) is 5.85. The van der Waals surface area contributed by atoms with Gasteiger partial charge in [0.1, 0.15) is 5.60 Å². The number of rotatable bonds is 4. The summed E-state index contributed by atoms with van der Waals surface area (Å²) in [4.78, 5) is 13.8. The van der Waals surface area contributed by atoms with E-state index in [0.29, 0.717) is 25.4 Å². The first-order chi connectivity index (χ1) is 9.08. The van der Waals surface area contributed by atoms with Crippen LogP contribution in [0.25, 0.3) is 0 Å². The molecule has 2 aliphatic rings. The summed E-state index contributed by atoms with van der Waals surface area (Å²) in [7, 11) is 0. The number of hydrogen-bond acceptors (Lipinski definition) is 3. The van der Waals surface area contributed by atoms with Crippen molar-refractivity contribution in [3.63, 3.8) is 0 Å². The average molecular weight is 260 g/mol. The third-order valence-corrected chi connectivity index (χ3v) is 4.24. The lowest BCUT2D eigenvalue weighted by atomic mass is 9.88. The summed E-state index contributed by atoms with van der Waals surface area (Å²) >= 11 is 0. The van der Waals surface area contributed by atoms with E-state index in [4.69, 9.17) is 5.73 Å². The van der Waals surface area contributed by atoms with Crippen LogP contribution >= 0.6 is 0 Å². The lowest BCUT2D eigenvalue weighted by molar-refractivity contribution is -0.159. The van der Waals surface area contributed by atoms with Crippen LogP contribution in [0.2, 0.25) is 0 Å². The van der Waals surface area contributed by atoms with Crippen molar-refractivity contribution in [1.82, 2.24) is 4.90 Å². The highest BCUT2D eigenvalue weighted by Crippen LogP contribution is 2.44. The summed E-state index contributed by atoms with van der Waals surface area (Å²) in [6.45, 7) is 0.968. The molecule has 4 heteroatoms. The summed E-state index contributed by atoms with van der Waals surface area (Å²) in [5, 5.41) is 10.2. The summed E-state index contributed by atoms with van der Waals surface area (Å²) in [6, 6.07) is 9.40. The Balaban J connectivity index is 1.52. The van der Waals surface area contributed by atoms with Crippen molar-refractivity contribution in [2.45, 2.75) is 30.9 Å². The number of β-amino-alcohol motifs (C(OH)–C–C–N with tert-alkyl or cyclic N) is 1. The van der Waals surface area contributed by atoms with Crippen LogP contribution in [0.1, 0.15) is 30.9 Å². The molecule has 1 saturated heterocycles. The number of hydrogen-bond donors (Lipinski definition) is 2. The van der Waals surface area contributed by atoms with E-state index in [1.165, 1.54) is 0 Å². The van der Waals surface area contributed by atoms with Crippen molar-refractivity contribution in [3.05, 3.63) is 35.9 Å². The van der Waals surface area contributed by atoms with Crippen LogP contribution in [0, 0.1) is 5.92 Å². The molecule has 1 aliphatic carbocycles. The first-order valence-electron chi connectivity index (χ1n) is 6.89. The Bertz CT molecular complexity index is 464. The average Bonchev–Trinajstić information content (AvgIpc) is 3.20. The fourth-order valence-corrected chi connectivity index (χ4v) is 2.81. The maximum absolute atomic E-state index is 12.1. The highest BCUT2D eigenvalue weighted by Gasteiger charge is 2.53. The lowest BCUT2D eigenvalue weighted by Gasteiger charge is -2.47. The van der Waals surface area contributed by atoms with Crippen LogP contribution in [0.4, 0.5) is 0 Å². The van der Waals surface area contributed by atoms with Crippen LogP contribution in [0.15, 0.2) is 30.3 Å². The summed E-state index contributed by atoms with van der Waals surface area (Å²) in [6.07, 6.45) is 2.51. The zero-order chi connectivity index (χ0) is 13.5. The number of carbonyl (C=O) groups excluding carboxylic acids is 1. The minimum atomic E-state index is -0.605. The third-order valence-electron chi connectivity index (χ3n) is 4.24. The monoisotopic (exact) mass is 260 g/mol. The zero-order valence-electron chi connectivity index (χ0n) is 11.0. The molecule has 0 bridgehead atoms. The normalized spacial score (nSPS) is 22.7. The number of aliphatic hydroxyl groups is 1. The first-order valence-corrected chi connectivity index (χ1v) is 6.89. The summed E-state index contributed by atoms with van der Waals surface area (Å²) in [5.74, 6) is 0.459. The van der Waals surface area contributed by atoms with E-state index < -0.39 is 5.60 Å². The molecule has 19 heavy (non-hydrogen) atoms. The Hall–Kier alpha value is -1.39. The molecule has 1 unspecified atom stereocenters. The molecule has 4 nitrogen and oxygen atoms in total. The van der Waals surface area contributed by atoms with Crippen molar-refractivity contribution >= 4 is 5.91 Å². The SMILES string of the molecule is NC(CC(=O)N1CC(O)(C2CC2)C1)c1ccccc1. The molecular weight excluding hydrogens is 240 g/mol. The predicted molar refractivity (Wildman–Crippen MR) is 72.2 cm³/mol. The number of benzene rings is 1. The highest BCUT2D eigenvalue weighted by atomic mass is 16.3. The van der Waals surface area contributed by atoms with Gasteiger partial charge in [-0.25, -0.2) is 0 Å². The molecule has 1 aromatic carbocycles. The minimum absolute atomic E-state index is 0.0432. The molecule has 102 valence electrons. The highest BCUT2D eigenvalue weighted by molar-refractivity contribution is 5.78. The molecule has 1 aromatic rings. The van der Waals surface area contributed by atoms with Crippen LogP contribution in [-0.2, 0) is 4.79 Å². The second kappa shape index (κ2) is 4.62. The van der Waals surface area contributed by atoms with Crippen LogP contribution in [0.3, 0.4) is 0 Å². The third kappa shape index (κ3) is 2.51. The Morgan fingerprint density at radius 3 is 2.58 bits per heavy atom. The topological polar surface area (TPSA) is 66.6 Å². The molecule has 3 rings (SSSR count). The van der Waals surface area contributed by atoms with Gasteiger partial charge < -0.3 is 15.7 Å². The standard InChI is InChI=1S/C15H20N2O2/c16-13(11-4-2-1-3-5-11)8-14(18)17-9-15(19,10-17)12-6-7-12/h1-5,12-13,19H,6-10,16H2. The first kappa shape index (κ1) is 12.6. The van der Waals surface area contributed by atoms with E-state index in [1.807, 2.05) is 30.3 Å². The van der Waals surface area contributed by atoms with Crippen LogP contribution < -0.4 is 5.73 Å². The van der Waals surface area contributed by atoms with E-state index >= 15 is 0 Å². The Morgan fingerprint density at radius 2 is 2.00 bits per heavy atom.